The number of allylic oxidation sites excluding steroid dienone is 1. The second-order valence-electron chi connectivity index (χ2n) is 24.3. The number of carbonyl (C=O) groups excluding carboxylic acids is 5. The number of H-pyrrole nitrogens is 1. The van der Waals surface area contributed by atoms with Crippen LogP contribution in [0.25, 0.3) is 16.6 Å². The molecule has 3 saturated heterocycles. The van der Waals surface area contributed by atoms with Crippen LogP contribution in [-0.4, -0.2) is 132 Å². The zero-order chi connectivity index (χ0) is 61.7. The number of nitro benzene ring substituents is 1. The first-order valence-electron chi connectivity index (χ1n) is 30.2. The standard InChI is InChI=1S/C66H71ClN10O10S/c1-66(2)26-22-47(55(39-66)45-11-13-48(67)14-12-45)42-74-31-33-75(34-32-74)49-15-18-53(59(37-49)87-50-36-46-23-27-68-61(46)70-41-50)62(79)72-88(85,86)51-16-19-56(58(38-51)77(83)84)69-40-44-24-29-73(30-25-44)28-8-6-4-3-5-7-9-43-10-17-52-54(35-43)65(82)76(64(52)81)57-20-21-60(78)71-63(57)80/h10-19,23,27,35-38,41,44,57,69H,3-6,8,20-22,24-26,28-34,39-40,42H2,1-2H3,(H,68,70)(H,72,79)(H,71,78,80). The van der Waals surface area contributed by atoms with Gasteiger partial charge in [0.05, 0.1) is 32.7 Å². The molecule has 0 radical (unpaired) electrons. The van der Waals surface area contributed by atoms with Gasteiger partial charge in [-0.25, -0.2) is 18.1 Å². The van der Waals surface area contributed by atoms with Gasteiger partial charge < -0.3 is 24.8 Å². The van der Waals surface area contributed by atoms with Gasteiger partial charge in [-0.3, -0.25) is 49.2 Å². The molecule has 11 rings (SSSR count). The molecule has 6 heterocycles. The van der Waals surface area contributed by atoms with Crippen molar-refractivity contribution >= 4 is 84.8 Å². The fourth-order valence-corrected chi connectivity index (χ4v) is 13.6. The third-order valence-corrected chi connectivity index (χ3v) is 19.1. The van der Waals surface area contributed by atoms with Gasteiger partial charge in [-0.2, -0.15) is 0 Å². The molecule has 4 aliphatic heterocycles. The second kappa shape index (κ2) is 26.5. The minimum absolute atomic E-state index is 0.0551. The van der Waals surface area contributed by atoms with Crippen molar-refractivity contribution in [3.63, 3.8) is 0 Å². The van der Waals surface area contributed by atoms with Gasteiger partial charge in [0.2, 0.25) is 11.8 Å². The fraction of sp³-hybridized carbons (Fsp3) is 0.394. The molecule has 22 heteroatoms. The molecule has 2 aromatic heterocycles. The van der Waals surface area contributed by atoms with Gasteiger partial charge in [-0.1, -0.05) is 67.8 Å². The molecule has 1 aliphatic carbocycles. The summed E-state index contributed by atoms with van der Waals surface area (Å²) in [5.74, 6) is 3.80. The lowest BCUT2D eigenvalue weighted by Gasteiger charge is -2.39. The number of hydrogen-bond acceptors (Lipinski definition) is 15. The lowest BCUT2D eigenvalue weighted by molar-refractivity contribution is -0.384. The lowest BCUT2D eigenvalue weighted by atomic mass is 9.72. The van der Waals surface area contributed by atoms with Gasteiger partial charge in [-0.15, -0.1) is 0 Å². The number of piperidine rings is 2. The maximum atomic E-state index is 14.2. The van der Waals surface area contributed by atoms with Gasteiger partial charge in [0.25, 0.3) is 33.4 Å². The highest BCUT2D eigenvalue weighted by Gasteiger charge is 2.45. The summed E-state index contributed by atoms with van der Waals surface area (Å²) in [6.45, 7) is 11.7. The van der Waals surface area contributed by atoms with E-state index in [2.05, 4.69) is 77.8 Å². The Labute approximate surface area is 516 Å². The number of piperazine rings is 1. The minimum Gasteiger partial charge on any atom is -0.455 e. The SMILES string of the molecule is CC1(C)CCC(CN2CCN(c3ccc(C(=O)NS(=O)(=O)c4ccc(NCC5CCN(CCCCCCC#Cc6ccc7c(c6)C(=O)N(C6CCC(=O)NC6=O)C7=O)CC5)c([N+](=O)[O-])c4)c(Oc4cnc5[nH]ccc5c4)c3)CC2)=C(c2ccc(Cl)cc2)C1. The number of hydrogen-bond donors (Lipinski definition) is 4. The number of aromatic amines is 1. The van der Waals surface area contributed by atoms with E-state index >= 15 is 0 Å². The van der Waals surface area contributed by atoms with E-state index in [1.807, 2.05) is 18.2 Å². The number of pyridine rings is 1. The first kappa shape index (κ1) is 61.2. The first-order chi connectivity index (χ1) is 42.3. The van der Waals surface area contributed by atoms with E-state index in [9.17, 15) is 42.5 Å². The molecule has 0 spiro atoms. The summed E-state index contributed by atoms with van der Waals surface area (Å²) in [5.41, 5.74) is 6.43. The summed E-state index contributed by atoms with van der Waals surface area (Å²) >= 11 is 6.27. The van der Waals surface area contributed by atoms with Gasteiger partial charge >= 0.3 is 0 Å². The molecule has 0 bridgehead atoms. The molecule has 20 nitrogen and oxygen atoms in total. The Morgan fingerprint density at radius 2 is 1.62 bits per heavy atom. The molecular formula is C66H71ClN10O10S. The van der Waals surface area contributed by atoms with Crippen LogP contribution in [0.1, 0.15) is 133 Å². The molecule has 5 aliphatic rings. The van der Waals surface area contributed by atoms with Gasteiger partial charge in [0.15, 0.2) is 0 Å². The molecule has 4 N–H and O–H groups in total. The number of likely N-dealkylation sites (tertiary alicyclic amines) is 1. The number of aromatic nitrogens is 2. The van der Waals surface area contributed by atoms with Gasteiger partial charge in [0, 0.05) is 92.1 Å². The predicted octanol–water partition coefficient (Wildman–Crippen LogP) is 10.3. The second-order valence-corrected chi connectivity index (χ2v) is 26.4. The third-order valence-electron chi connectivity index (χ3n) is 17.5. The summed E-state index contributed by atoms with van der Waals surface area (Å²) in [5, 5.41) is 19.4. The van der Waals surface area contributed by atoms with Crippen molar-refractivity contribution in [3.05, 3.63) is 152 Å². The Bertz CT molecular complexity index is 3910. The van der Waals surface area contributed by atoms with Crippen LogP contribution in [0.15, 0.2) is 114 Å². The molecule has 6 aromatic rings. The van der Waals surface area contributed by atoms with E-state index in [0.29, 0.717) is 43.0 Å². The van der Waals surface area contributed by atoms with Crippen molar-refractivity contribution in [2.75, 3.05) is 69.1 Å². The van der Waals surface area contributed by atoms with Crippen LogP contribution in [0.2, 0.25) is 5.02 Å². The Hall–Kier alpha value is -8.42. The summed E-state index contributed by atoms with van der Waals surface area (Å²) in [6, 6.07) is 24.2. The van der Waals surface area contributed by atoms with Crippen molar-refractivity contribution in [1.82, 2.24) is 34.7 Å². The first-order valence-corrected chi connectivity index (χ1v) is 32.1. The topological polar surface area (TPSA) is 250 Å². The third kappa shape index (κ3) is 14.3. The Kier molecular flexibility index (Phi) is 18.4. The number of rotatable bonds is 20. The number of ether oxygens (including phenoxy) is 1. The van der Waals surface area contributed by atoms with E-state index in [0.717, 1.165) is 124 Å². The molecule has 88 heavy (non-hydrogen) atoms. The van der Waals surface area contributed by atoms with Crippen molar-refractivity contribution in [2.45, 2.75) is 102 Å². The number of nitrogens with one attached hydrogen (secondary N) is 4. The average Bonchev–Trinajstić information content (AvgIpc) is 1.68. The van der Waals surface area contributed by atoms with Crippen LogP contribution in [0, 0.1) is 33.3 Å². The molecule has 3 fully saturated rings. The number of amides is 5. The highest BCUT2D eigenvalue weighted by molar-refractivity contribution is 7.90. The quantitative estimate of drug-likeness (QED) is 0.0182. The number of halogens is 1. The van der Waals surface area contributed by atoms with Gasteiger partial charge in [-0.05, 0) is 160 Å². The predicted molar refractivity (Wildman–Crippen MR) is 336 cm³/mol. The summed E-state index contributed by atoms with van der Waals surface area (Å²) in [6.07, 6.45) is 13.0. The summed E-state index contributed by atoms with van der Waals surface area (Å²) < 4.78 is 36.5. The minimum atomic E-state index is -4.63. The molecule has 0 saturated carbocycles. The van der Waals surface area contributed by atoms with E-state index in [1.54, 1.807) is 48.7 Å². The van der Waals surface area contributed by atoms with Crippen LogP contribution in [-0.2, 0) is 19.6 Å². The molecular weight excluding hydrogens is 1160 g/mol. The Balaban J connectivity index is 0.651. The number of benzene rings is 4. The molecule has 1 unspecified atom stereocenters. The van der Waals surface area contributed by atoms with Crippen molar-refractivity contribution in [1.29, 1.82) is 0 Å². The number of anilines is 2. The number of fused-ring (bicyclic) bond motifs is 2. The fourth-order valence-electron chi connectivity index (χ4n) is 12.5. The smallest absolute Gasteiger partial charge is 0.293 e. The Morgan fingerprint density at radius 1 is 0.852 bits per heavy atom. The van der Waals surface area contributed by atoms with Crippen LogP contribution in [0.4, 0.5) is 17.1 Å². The van der Waals surface area contributed by atoms with Crippen molar-refractivity contribution in [2.24, 2.45) is 11.3 Å². The highest BCUT2D eigenvalue weighted by atomic mass is 35.5. The maximum Gasteiger partial charge on any atom is 0.293 e. The van der Waals surface area contributed by atoms with Crippen molar-refractivity contribution in [3.8, 4) is 23.3 Å². The molecule has 5 amide bonds. The maximum absolute atomic E-state index is 14.2. The van der Waals surface area contributed by atoms with E-state index in [1.165, 1.54) is 35.0 Å². The molecule has 4 aromatic carbocycles. The monoisotopic (exact) mass is 1230 g/mol. The van der Waals surface area contributed by atoms with Gasteiger partial charge in [0.1, 0.15) is 28.9 Å². The molecule has 1 atom stereocenters. The van der Waals surface area contributed by atoms with E-state index in [-0.39, 0.29) is 52.3 Å². The van der Waals surface area contributed by atoms with Crippen LogP contribution < -0.4 is 25.0 Å². The van der Waals surface area contributed by atoms with Crippen LogP contribution in [0.5, 0.6) is 11.5 Å². The largest absolute Gasteiger partial charge is 0.455 e. The number of imide groups is 2. The number of nitrogens with zero attached hydrogens (tertiary/aromatic N) is 6. The lowest BCUT2D eigenvalue weighted by Crippen LogP contribution is -2.54. The summed E-state index contributed by atoms with van der Waals surface area (Å²) in [7, 11) is -4.63. The number of sulfonamides is 1. The number of unbranched alkanes of at least 4 members (excludes halogenated alkanes) is 4. The molecule has 458 valence electrons. The van der Waals surface area contributed by atoms with E-state index < -0.39 is 61.1 Å². The zero-order valence-electron chi connectivity index (χ0n) is 49.4. The highest BCUT2D eigenvalue weighted by Crippen LogP contribution is 2.44. The van der Waals surface area contributed by atoms with Crippen LogP contribution >= 0.6 is 11.6 Å². The normalized spacial score (nSPS) is 18.5. The summed E-state index contributed by atoms with van der Waals surface area (Å²) in [4.78, 5) is 91.3. The van der Waals surface area contributed by atoms with E-state index in [4.69, 9.17) is 16.3 Å². The zero-order valence-corrected chi connectivity index (χ0v) is 50.9. The van der Waals surface area contributed by atoms with Crippen LogP contribution in [0.3, 0.4) is 0 Å². The van der Waals surface area contributed by atoms with Crippen molar-refractivity contribution < 1.29 is 42.1 Å². The number of nitro groups is 1. The average molecular weight is 1230 g/mol. The number of carbonyl (C=O) groups is 5. The Morgan fingerprint density at radius 3 is 2.40 bits per heavy atom.